The van der Waals surface area contributed by atoms with Crippen LogP contribution in [0.4, 0.5) is 0 Å². The maximum absolute atomic E-state index is 10.3. The summed E-state index contributed by atoms with van der Waals surface area (Å²) in [6.45, 7) is 6.00. The number of carbonyl (C=O) groups is 2. The van der Waals surface area contributed by atoms with Gasteiger partial charge in [0.05, 0.1) is 0 Å². The third-order valence-electron chi connectivity index (χ3n) is 0.920. The van der Waals surface area contributed by atoms with Crippen LogP contribution >= 0.6 is 0 Å². The standard InChI is InChI=1S/C6H4O2.C2H4/c7-5-1-2-6(8)4-3-5;1-2/h1-2H2;1-2H2. The van der Waals surface area contributed by atoms with Crippen molar-refractivity contribution in [3.63, 3.8) is 0 Å². The topological polar surface area (TPSA) is 34.1 Å². The Bertz CT molecular complexity index is 185. The van der Waals surface area contributed by atoms with Gasteiger partial charge in [-0.1, -0.05) is 0 Å². The molecule has 0 saturated heterocycles. The van der Waals surface area contributed by atoms with Gasteiger partial charge in [0.1, 0.15) is 0 Å². The lowest BCUT2D eigenvalue weighted by atomic mass is 10.1. The summed E-state index contributed by atoms with van der Waals surface area (Å²) in [5.41, 5.74) is 0. The highest BCUT2D eigenvalue weighted by Gasteiger charge is 2.06. The van der Waals surface area contributed by atoms with Gasteiger partial charge in [-0.05, 0) is 11.8 Å². The molecule has 52 valence electrons. The average Bonchev–Trinajstić information content (AvgIpc) is 2.00. The molecule has 0 bridgehead atoms. The van der Waals surface area contributed by atoms with Crippen molar-refractivity contribution in [3.8, 4) is 11.8 Å². The highest BCUT2D eigenvalue weighted by atomic mass is 16.1. The normalized spacial score (nSPS) is 14.4. The largest absolute Gasteiger partial charge is 0.285 e. The summed E-state index contributed by atoms with van der Waals surface area (Å²) in [6.07, 6.45) is 0.623. The van der Waals surface area contributed by atoms with Crippen LogP contribution in [0, 0.1) is 11.8 Å². The van der Waals surface area contributed by atoms with E-state index in [-0.39, 0.29) is 11.6 Å². The molecule has 0 aliphatic heterocycles. The van der Waals surface area contributed by atoms with E-state index >= 15 is 0 Å². The Hall–Kier alpha value is -1.36. The van der Waals surface area contributed by atoms with Crippen LogP contribution in [0.5, 0.6) is 0 Å². The lowest BCUT2D eigenvalue weighted by Crippen LogP contribution is -2.05. The van der Waals surface area contributed by atoms with Crippen molar-refractivity contribution in [2.24, 2.45) is 0 Å². The summed E-state index contributed by atoms with van der Waals surface area (Å²) >= 11 is 0. The van der Waals surface area contributed by atoms with Crippen molar-refractivity contribution in [1.29, 1.82) is 0 Å². The summed E-state index contributed by atoms with van der Waals surface area (Å²) in [5, 5.41) is 0. The zero-order valence-electron chi connectivity index (χ0n) is 5.64. The van der Waals surface area contributed by atoms with Gasteiger partial charge >= 0.3 is 0 Å². The van der Waals surface area contributed by atoms with Crippen LogP contribution in [0.3, 0.4) is 0 Å². The van der Waals surface area contributed by atoms with Gasteiger partial charge in [-0.25, -0.2) is 0 Å². The second-order valence-corrected chi connectivity index (χ2v) is 1.60. The van der Waals surface area contributed by atoms with E-state index in [1.54, 1.807) is 0 Å². The SMILES string of the molecule is C=C.O=C1C#CC(=O)CC1. The first kappa shape index (κ1) is 8.64. The van der Waals surface area contributed by atoms with Crippen LogP contribution in [0.1, 0.15) is 12.8 Å². The van der Waals surface area contributed by atoms with Gasteiger partial charge in [-0.3, -0.25) is 9.59 Å². The number of Topliss-reactive ketones (excluding diaryl/α,β-unsaturated/α-hetero) is 2. The molecule has 0 heterocycles. The predicted octanol–water partition coefficient (Wildman–Crippen LogP) is 0.724. The lowest BCUT2D eigenvalue weighted by molar-refractivity contribution is -0.119. The molecule has 0 amide bonds. The van der Waals surface area contributed by atoms with E-state index in [2.05, 4.69) is 25.0 Å². The predicted molar refractivity (Wildman–Crippen MR) is 38.3 cm³/mol. The van der Waals surface area contributed by atoms with Gasteiger partial charge in [-0.15, -0.1) is 13.2 Å². The van der Waals surface area contributed by atoms with E-state index in [0.717, 1.165) is 0 Å². The summed E-state index contributed by atoms with van der Waals surface area (Å²) in [6, 6.07) is 0. The monoisotopic (exact) mass is 136 g/mol. The molecule has 10 heavy (non-hydrogen) atoms. The molecule has 0 spiro atoms. The molecular weight excluding hydrogens is 128 g/mol. The fourth-order valence-electron chi connectivity index (χ4n) is 0.491. The molecule has 2 heteroatoms. The first-order chi connectivity index (χ1) is 4.79. The third kappa shape index (κ3) is 2.83. The number of hydrogen-bond donors (Lipinski definition) is 0. The van der Waals surface area contributed by atoms with Crippen LogP contribution < -0.4 is 0 Å². The molecule has 0 radical (unpaired) electrons. The van der Waals surface area contributed by atoms with E-state index in [9.17, 15) is 9.59 Å². The minimum atomic E-state index is -0.121. The van der Waals surface area contributed by atoms with Crippen molar-refractivity contribution < 1.29 is 9.59 Å². The maximum Gasteiger partial charge on any atom is 0.206 e. The minimum absolute atomic E-state index is 0.121. The molecule has 0 N–H and O–H groups in total. The second kappa shape index (κ2) is 4.51. The number of hydrogen-bond acceptors (Lipinski definition) is 2. The Morgan fingerprint density at radius 2 is 1.30 bits per heavy atom. The summed E-state index contributed by atoms with van der Waals surface area (Å²) in [7, 11) is 0. The quantitative estimate of drug-likeness (QED) is 0.279. The van der Waals surface area contributed by atoms with Crippen LogP contribution in [-0.2, 0) is 9.59 Å². The van der Waals surface area contributed by atoms with Crippen molar-refractivity contribution in [3.05, 3.63) is 13.2 Å². The maximum atomic E-state index is 10.3. The molecule has 2 nitrogen and oxygen atoms in total. The highest BCUT2D eigenvalue weighted by Crippen LogP contribution is 1.95. The Kier molecular flexibility index (Phi) is 3.90. The highest BCUT2D eigenvalue weighted by molar-refractivity contribution is 6.09. The van der Waals surface area contributed by atoms with Gasteiger partial charge in [0.2, 0.25) is 11.6 Å². The Morgan fingerprint density at radius 1 is 1.00 bits per heavy atom. The molecular formula is C8H8O2. The molecule has 1 aliphatic carbocycles. The van der Waals surface area contributed by atoms with Crippen molar-refractivity contribution in [2.75, 3.05) is 0 Å². The van der Waals surface area contributed by atoms with E-state index < -0.39 is 0 Å². The molecule has 0 fully saturated rings. The van der Waals surface area contributed by atoms with Gasteiger partial charge in [0.15, 0.2) is 0 Å². The minimum Gasteiger partial charge on any atom is -0.285 e. The average molecular weight is 136 g/mol. The molecule has 0 saturated carbocycles. The van der Waals surface area contributed by atoms with Crippen LogP contribution in [0.25, 0.3) is 0 Å². The van der Waals surface area contributed by atoms with Gasteiger partial charge in [0, 0.05) is 12.8 Å². The Balaban J connectivity index is 0.000000371. The summed E-state index contributed by atoms with van der Waals surface area (Å²) in [5.74, 6) is 4.15. The van der Waals surface area contributed by atoms with Crippen molar-refractivity contribution in [1.82, 2.24) is 0 Å². The zero-order chi connectivity index (χ0) is 7.98. The van der Waals surface area contributed by atoms with Crippen LogP contribution in [-0.4, -0.2) is 11.6 Å². The summed E-state index contributed by atoms with van der Waals surface area (Å²) < 4.78 is 0. The van der Waals surface area contributed by atoms with E-state index in [1.807, 2.05) is 0 Å². The first-order valence-electron chi connectivity index (χ1n) is 2.87. The number of carbonyl (C=O) groups excluding carboxylic acids is 2. The fraction of sp³-hybridized carbons (Fsp3) is 0.250. The summed E-state index contributed by atoms with van der Waals surface area (Å²) in [4.78, 5) is 20.6. The zero-order valence-corrected chi connectivity index (χ0v) is 5.64. The fourth-order valence-corrected chi connectivity index (χ4v) is 0.491. The van der Waals surface area contributed by atoms with Crippen LogP contribution in [0.15, 0.2) is 13.2 Å². The third-order valence-corrected chi connectivity index (χ3v) is 0.920. The molecule has 1 aliphatic rings. The lowest BCUT2D eigenvalue weighted by Gasteiger charge is -1.92. The Labute approximate surface area is 59.9 Å². The van der Waals surface area contributed by atoms with E-state index in [4.69, 9.17) is 0 Å². The van der Waals surface area contributed by atoms with Crippen LogP contribution in [0.2, 0.25) is 0 Å². The molecule has 0 aromatic heterocycles. The Morgan fingerprint density at radius 3 is 1.50 bits per heavy atom. The molecule has 0 atom stereocenters. The number of rotatable bonds is 0. The molecule has 1 rings (SSSR count). The van der Waals surface area contributed by atoms with E-state index in [0.29, 0.717) is 12.8 Å². The molecule has 0 unspecified atom stereocenters. The first-order valence-corrected chi connectivity index (χ1v) is 2.87. The molecule has 0 aromatic rings. The van der Waals surface area contributed by atoms with Crippen molar-refractivity contribution >= 4 is 11.6 Å². The molecule has 0 aromatic carbocycles. The number of ketones is 2. The second-order valence-electron chi connectivity index (χ2n) is 1.60. The van der Waals surface area contributed by atoms with Crippen molar-refractivity contribution in [2.45, 2.75) is 12.8 Å². The van der Waals surface area contributed by atoms with Gasteiger partial charge in [-0.2, -0.15) is 0 Å². The smallest absolute Gasteiger partial charge is 0.206 e. The van der Waals surface area contributed by atoms with Gasteiger partial charge in [0.25, 0.3) is 0 Å². The van der Waals surface area contributed by atoms with E-state index in [1.165, 1.54) is 0 Å². The van der Waals surface area contributed by atoms with Gasteiger partial charge < -0.3 is 0 Å².